The van der Waals surface area contributed by atoms with Crippen LogP contribution in [0, 0.1) is 24.2 Å². The monoisotopic (exact) mass is 714 g/mol. The van der Waals surface area contributed by atoms with Crippen molar-refractivity contribution in [1.29, 1.82) is 0 Å². The number of hydrogen-bond donors (Lipinski definition) is 6. The molecular weight excluding hydrogens is 686 g/mol. The first-order valence-corrected chi connectivity index (χ1v) is 18.4. The predicted octanol–water partition coefficient (Wildman–Crippen LogP) is -1.19. The van der Waals surface area contributed by atoms with Gasteiger partial charge in [-0.1, -0.05) is 5.21 Å². The number of nitrogens with two attached hydrogens (primary N) is 1. The maximum Gasteiger partial charge on any atom is 0.472 e. The number of aryl methyl sites for hydroxylation is 1. The number of aromatic amines is 1. The summed E-state index contributed by atoms with van der Waals surface area (Å²) in [6, 6.07) is -0.729. The first-order valence-electron chi connectivity index (χ1n) is 14.3. The van der Waals surface area contributed by atoms with Crippen molar-refractivity contribution in [3.63, 3.8) is 0 Å². The molecule has 4 aromatic heterocycles. The topological polar surface area (TPSA) is 290 Å². The van der Waals surface area contributed by atoms with E-state index in [1.807, 2.05) is 0 Å². The van der Waals surface area contributed by atoms with Crippen LogP contribution in [0.5, 0.6) is 0 Å². The van der Waals surface area contributed by atoms with E-state index in [-0.39, 0.29) is 22.8 Å². The number of phosphoric acid groups is 1. The number of nitrogens with one attached hydrogen (secondary N) is 1. The van der Waals surface area contributed by atoms with E-state index in [1.165, 1.54) is 19.6 Å². The molecule has 8 rings (SSSR count). The number of rotatable bonds is 3. The number of H-pyrrole nitrogens is 1. The lowest BCUT2D eigenvalue weighted by Gasteiger charge is -2.31. The van der Waals surface area contributed by atoms with E-state index in [1.54, 1.807) is 4.57 Å². The molecule has 21 nitrogen and oxygen atoms in total. The molecule has 0 amide bonds. The van der Waals surface area contributed by atoms with E-state index >= 15 is 0 Å². The molecule has 4 fully saturated rings. The summed E-state index contributed by atoms with van der Waals surface area (Å²) >= 11 is 5.36. The number of hydrogen-bond acceptors (Lipinski definition) is 17. The van der Waals surface area contributed by atoms with Gasteiger partial charge in [0.05, 0.1) is 38.3 Å². The summed E-state index contributed by atoms with van der Waals surface area (Å²) in [7, 11) is -4.96. The fraction of sp³-hybridized carbons (Fsp3) is 0.609. The molecule has 11 atom stereocenters. The summed E-state index contributed by atoms with van der Waals surface area (Å²) in [4.78, 5) is 54.0. The summed E-state index contributed by atoms with van der Waals surface area (Å²) in [5.74, 6) is -1.09. The van der Waals surface area contributed by atoms with Gasteiger partial charge < -0.3 is 49.1 Å². The van der Waals surface area contributed by atoms with Gasteiger partial charge in [-0.3, -0.25) is 13.8 Å². The van der Waals surface area contributed by atoms with Gasteiger partial charge in [0.1, 0.15) is 36.0 Å². The Labute approximate surface area is 267 Å². The van der Waals surface area contributed by atoms with E-state index in [9.17, 15) is 29.4 Å². The predicted molar refractivity (Wildman–Crippen MR) is 158 cm³/mol. The van der Waals surface area contributed by atoms with Crippen molar-refractivity contribution in [1.82, 2.24) is 44.5 Å². The lowest BCUT2D eigenvalue weighted by molar-refractivity contribution is -0.0658. The smallest absolute Gasteiger partial charge is 0.396 e. The van der Waals surface area contributed by atoms with Crippen LogP contribution in [-0.4, -0.2) is 109 Å². The molecule has 3 unspecified atom stereocenters. The van der Waals surface area contributed by atoms with Crippen LogP contribution in [0.3, 0.4) is 0 Å². The number of phosphoric ester groups is 1. The molecule has 2 aliphatic heterocycles. The molecule has 4 aliphatic rings. The number of aromatic nitrogens is 9. The molecule has 1 spiro atoms. The lowest BCUT2D eigenvalue weighted by Crippen LogP contribution is -2.38. The van der Waals surface area contributed by atoms with Crippen molar-refractivity contribution >= 4 is 54.5 Å². The highest BCUT2D eigenvalue weighted by molar-refractivity contribution is 8.07. The Kier molecular flexibility index (Phi) is 7.24. The maximum atomic E-state index is 13.6. The number of nitrogen functional groups attached to an aromatic ring is 1. The van der Waals surface area contributed by atoms with Crippen molar-refractivity contribution in [2.75, 3.05) is 25.6 Å². The highest BCUT2D eigenvalue weighted by atomic mass is 32.5. The van der Waals surface area contributed by atoms with Crippen LogP contribution >= 0.6 is 14.5 Å². The van der Waals surface area contributed by atoms with Gasteiger partial charge in [-0.05, 0) is 31.1 Å². The van der Waals surface area contributed by atoms with Gasteiger partial charge in [-0.2, -0.15) is 4.68 Å². The van der Waals surface area contributed by atoms with E-state index in [2.05, 4.69) is 35.2 Å². The number of aliphatic hydroxyl groups is 2. The van der Waals surface area contributed by atoms with E-state index in [0.717, 1.165) is 4.68 Å². The van der Waals surface area contributed by atoms with Gasteiger partial charge in [0.15, 0.2) is 28.9 Å². The van der Waals surface area contributed by atoms with Crippen LogP contribution in [-0.2, 0) is 39.2 Å². The zero-order valence-electron chi connectivity index (χ0n) is 24.2. The van der Waals surface area contributed by atoms with Crippen LogP contribution in [0.15, 0.2) is 17.4 Å². The summed E-state index contributed by atoms with van der Waals surface area (Å²) in [5.41, 5.74) is 4.79. The van der Waals surface area contributed by atoms with Crippen LogP contribution in [0.1, 0.15) is 24.5 Å². The Hall–Kier alpha value is -2.85. The maximum absolute atomic E-state index is 13.6. The van der Waals surface area contributed by atoms with Gasteiger partial charge in [0.25, 0.3) is 5.56 Å². The van der Waals surface area contributed by atoms with Crippen LogP contribution in [0.2, 0.25) is 0 Å². The largest absolute Gasteiger partial charge is 0.472 e. The number of fused-ring (bicyclic) bond motifs is 4. The van der Waals surface area contributed by atoms with Gasteiger partial charge in [-0.25, -0.2) is 24.5 Å². The van der Waals surface area contributed by atoms with Gasteiger partial charge in [-0.15, -0.1) is 5.10 Å². The summed E-state index contributed by atoms with van der Waals surface area (Å²) in [5, 5.41) is 29.8. The zero-order valence-corrected chi connectivity index (χ0v) is 26.8. The molecule has 47 heavy (non-hydrogen) atoms. The number of imidazole rings is 1. The third-order valence-corrected chi connectivity index (χ3v) is 11.8. The standard InChI is InChI=1S/C23H28N10O11P2S/c1-8-28-20-13(21(36)29-8)30-31-33(20)22-16-9(3-34)11(42-22)4-40-46(39,47)44-17-15(35)14(10-2-23(10,17)5-41-45(37,38)43-16)32-7-27-12-18(24)25-6-26-19(12)32/h6-7,9-11,14-17,22,34-35H,2-5H2,1H3,(H,37,38)(H,39,47)(H2,24,25,26)(H,28,29,36)/t9-,10-,11-,14-,15+,16-,17+,22-,23?,46?/m1/s1. The van der Waals surface area contributed by atoms with Gasteiger partial charge >= 0.3 is 14.5 Å². The second-order valence-corrected chi connectivity index (χ2v) is 16.2. The quantitative estimate of drug-likeness (QED) is 0.136. The minimum absolute atomic E-state index is 0.0129. The number of anilines is 1. The molecule has 2 bridgehead atoms. The van der Waals surface area contributed by atoms with Crippen molar-refractivity contribution in [3.8, 4) is 0 Å². The first-order chi connectivity index (χ1) is 22.3. The van der Waals surface area contributed by atoms with Crippen LogP contribution < -0.4 is 11.3 Å². The van der Waals surface area contributed by atoms with Crippen molar-refractivity contribution < 1.29 is 47.4 Å². The zero-order chi connectivity index (χ0) is 33.0. The third-order valence-electron chi connectivity index (χ3n) is 9.33. The molecule has 0 radical (unpaired) electrons. The Morgan fingerprint density at radius 1 is 1.19 bits per heavy atom. The summed E-state index contributed by atoms with van der Waals surface area (Å²) < 4.78 is 45.2. The molecule has 252 valence electrons. The molecule has 6 heterocycles. The average molecular weight is 715 g/mol. The van der Waals surface area contributed by atoms with Gasteiger partial charge in [0.2, 0.25) is 0 Å². The fourth-order valence-electron chi connectivity index (χ4n) is 7.10. The number of ether oxygens (including phenoxy) is 1. The minimum atomic E-state index is -4.96. The molecular formula is C23H28N10O11P2S. The normalized spacial score (nSPS) is 40.4. The molecule has 2 saturated carbocycles. The van der Waals surface area contributed by atoms with Gasteiger partial charge in [0, 0.05) is 11.3 Å². The summed E-state index contributed by atoms with van der Waals surface area (Å²) in [6.45, 7) is -4.16. The van der Waals surface area contributed by atoms with Crippen LogP contribution in [0.4, 0.5) is 5.82 Å². The average Bonchev–Trinajstić information content (AvgIpc) is 3.30. The fourth-order valence-corrected chi connectivity index (χ4v) is 9.61. The molecule has 0 aromatic carbocycles. The van der Waals surface area contributed by atoms with Crippen LogP contribution in [0.25, 0.3) is 22.3 Å². The lowest BCUT2D eigenvalue weighted by atomic mass is 9.99. The number of nitrogens with zero attached hydrogens (tertiary/aromatic N) is 8. The molecule has 4 aromatic rings. The second kappa shape index (κ2) is 10.8. The van der Waals surface area contributed by atoms with E-state index in [0.29, 0.717) is 17.6 Å². The summed E-state index contributed by atoms with van der Waals surface area (Å²) in [6.07, 6.45) is -3.38. The van der Waals surface area contributed by atoms with Crippen molar-refractivity contribution in [2.45, 2.75) is 50.0 Å². The Morgan fingerprint density at radius 3 is 2.79 bits per heavy atom. The Morgan fingerprint density at radius 2 is 2.00 bits per heavy atom. The Bertz CT molecular complexity index is 2060. The van der Waals surface area contributed by atoms with E-state index < -0.39 is 93.9 Å². The minimum Gasteiger partial charge on any atom is -0.396 e. The highest BCUT2D eigenvalue weighted by Gasteiger charge is 2.74. The van der Waals surface area contributed by atoms with E-state index in [4.69, 9.17) is 40.4 Å². The van der Waals surface area contributed by atoms with Crippen molar-refractivity contribution in [2.24, 2.45) is 17.3 Å². The molecule has 2 saturated heterocycles. The first kappa shape index (κ1) is 31.4. The SMILES string of the molecule is Cc1nc2c(nnn2[C@@H]2O[C@@H]3COP(O)(=S)O[C@H]4[C@@H](O)[C@H](n5cnc6c(N)ncnc65)[C@H]5CC54COP(=O)(O)O[C@@H]2[C@@H]3CO)c(=O)[nH]1. The number of aliphatic hydroxyl groups excluding tert-OH is 2. The second-order valence-electron chi connectivity index (χ2n) is 12.0. The molecule has 24 heteroatoms. The van der Waals surface area contributed by atoms with Crippen molar-refractivity contribution in [3.05, 3.63) is 28.8 Å². The molecule has 2 aliphatic carbocycles. The Balaban J connectivity index is 1.15. The third kappa shape index (κ3) is 4.98. The highest BCUT2D eigenvalue weighted by Crippen LogP contribution is 2.72. The molecule has 7 N–H and O–H groups in total.